The van der Waals surface area contributed by atoms with E-state index in [1.54, 1.807) is 13.3 Å². The summed E-state index contributed by atoms with van der Waals surface area (Å²) < 4.78 is 5.32. The van der Waals surface area contributed by atoms with Gasteiger partial charge < -0.3 is 10.1 Å². The molecule has 0 bridgehead atoms. The number of methoxy groups -OCH3 is 1. The van der Waals surface area contributed by atoms with Crippen LogP contribution in [-0.4, -0.2) is 41.0 Å². The number of nitrogens with one attached hydrogen (secondary N) is 1. The van der Waals surface area contributed by atoms with Crippen molar-refractivity contribution in [3.8, 4) is 5.75 Å². The Balaban J connectivity index is 1.50. The van der Waals surface area contributed by atoms with Gasteiger partial charge in [-0.1, -0.05) is 32.9 Å². The van der Waals surface area contributed by atoms with Crippen molar-refractivity contribution in [3.63, 3.8) is 0 Å². The van der Waals surface area contributed by atoms with Crippen molar-refractivity contribution in [2.75, 3.05) is 20.2 Å². The van der Waals surface area contributed by atoms with E-state index in [0.29, 0.717) is 5.92 Å². The number of rotatable bonds is 6. The summed E-state index contributed by atoms with van der Waals surface area (Å²) >= 11 is 0. The van der Waals surface area contributed by atoms with Crippen LogP contribution >= 0.6 is 0 Å². The number of amides is 1. The minimum Gasteiger partial charge on any atom is -0.497 e. The maximum Gasteiger partial charge on any atom is 0.225 e. The normalized spacial score (nSPS) is 18.1. The average molecular weight is 447 g/mol. The highest BCUT2D eigenvalue weighted by molar-refractivity contribution is 5.82. The monoisotopic (exact) mass is 446 g/mol. The number of ether oxygens (including phenoxy) is 1. The molecule has 6 heteroatoms. The predicted octanol–water partition coefficient (Wildman–Crippen LogP) is 4.75. The second kappa shape index (κ2) is 9.87. The first-order valence-electron chi connectivity index (χ1n) is 11.7. The van der Waals surface area contributed by atoms with Gasteiger partial charge in [0, 0.05) is 30.1 Å². The van der Waals surface area contributed by atoms with E-state index in [9.17, 15) is 4.79 Å². The summed E-state index contributed by atoms with van der Waals surface area (Å²) in [5, 5.41) is 4.39. The summed E-state index contributed by atoms with van der Waals surface area (Å²) in [4.78, 5) is 24.8. The summed E-state index contributed by atoms with van der Waals surface area (Å²) in [7, 11) is 1.68. The molecule has 2 aromatic heterocycles. The molecule has 1 amide bonds. The van der Waals surface area contributed by atoms with E-state index < -0.39 is 5.41 Å². The molecule has 4 rings (SSSR count). The molecule has 3 aromatic rings. The molecule has 1 N–H and O–H groups in total. The van der Waals surface area contributed by atoms with Crippen molar-refractivity contribution >= 4 is 16.8 Å². The quantitative estimate of drug-likeness (QED) is 0.592. The maximum absolute atomic E-state index is 12.9. The molecular formula is C27H34N4O2. The summed E-state index contributed by atoms with van der Waals surface area (Å²) in [5.74, 6) is 1.19. The van der Waals surface area contributed by atoms with Crippen LogP contribution in [0.4, 0.5) is 0 Å². The van der Waals surface area contributed by atoms with Crippen molar-refractivity contribution in [1.29, 1.82) is 0 Å². The van der Waals surface area contributed by atoms with Crippen molar-refractivity contribution < 1.29 is 9.53 Å². The van der Waals surface area contributed by atoms with Crippen molar-refractivity contribution in [1.82, 2.24) is 20.2 Å². The minimum absolute atomic E-state index is 0.0573. The Morgan fingerprint density at radius 3 is 2.79 bits per heavy atom. The number of piperidine rings is 1. The molecule has 2 atom stereocenters. The van der Waals surface area contributed by atoms with E-state index in [0.717, 1.165) is 60.5 Å². The zero-order valence-corrected chi connectivity index (χ0v) is 20.0. The molecule has 1 saturated heterocycles. The zero-order valence-electron chi connectivity index (χ0n) is 20.0. The smallest absolute Gasteiger partial charge is 0.225 e. The molecule has 1 aliphatic rings. The molecule has 1 aromatic carbocycles. The Hall–Kier alpha value is -2.99. The van der Waals surface area contributed by atoms with E-state index in [4.69, 9.17) is 9.72 Å². The standard InChI is InChI=1S/C27H34N4O2/c1-27(2,3)26(32)30-25(24-9-5-6-14-28-24)20-8-7-15-31(17-20)18-21-11-10-19-16-22(33-4)12-13-23(19)29-21/h5-6,9-14,16,20,25H,7-8,15,17-18H2,1-4H3,(H,30,32)/t20-,25-/m1/s1. The lowest BCUT2D eigenvalue weighted by Crippen LogP contribution is -2.45. The molecule has 0 aliphatic carbocycles. The predicted molar refractivity (Wildman–Crippen MR) is 131 cm³/mol. The highest BCUT2D eigenvalue weighted by Crippen LogP contribution is 2.31. The summed E-state index contributed by atoms with van der Waals surface area (Å²) in [6.07, 6.45) is 3.96. The third kappa shape index (κ3) is 5.69. The third-order valence-electron chi connectivity index (χ3n) is 6.33. The van der Waals surface area contributed by atoms with E-state index in [2.05, 4.69) is 27.3 Å². The van der Waals surface area contributed by atoms with Gasteiger partial charge in [-0.05, 0) is 61.7 Å². The van der Waals surface area contributed by atoms with Crippen LogP contribution in [0.2, 0.25) is 0 Å². The molecule has 1 aliphatic heterocycles. The highest BCUT2D eigenvalue weighted by atomic mass is 16.5. The van der Waals surface area contributed by atoms with Crippen molar-refractivity contribution in [2.45, 2.75) is 46.2 Å². The second-order valence-corrected chi connectivity index (χ2v) is 9.95. The van der Waals surface area contributed by atoms with Crippen LogP contribution in [0.5, 0.6) is 5.75 Å². The Morgan fingerprint density at radius 1 is 1.21 bits per heavy atom. The average Bonchev–Trinajstić information content (AvgIpc) is 2.82. The Kier molecular flexibility index (Phi) is 6.94. The highest BCUT2D eigenvalue weighted by Gasteiger charge is 2.33. The number of carbonyl (C=O) groups excluding carboxylic acids is 1. The van der Waals surface area contributed by atoms with Crippen LogP contribution in [0.25, 0.3) is 10.9 Å². The zero-order chi connectivity index (χ0) is 23.4. The Bertz CT molecular complexity index is 1090. The largest absolute Gasteiger partial charge is 0.497 e. The molecule has 0 radical (unpaired) electrons. The lowest BCUT2D eigenvalue weighted by Gasteiger charge is -2.37. The summed E-state index contributed by atoms with van der Waals surface area (Å²) in [6.45, 7) is 8.57. The van der Waals surface area contributed by atoms with Gasteiger partial charge in [-0.15, -0.1) is 0 Å². The fourth-order valence-electron chi connectivity index (χ4n) is 4.45. The van der Waals surface area contributed by atoms with Gasteiger partial charge in [0.15, 0.2) is 0 Å². The SMILES string of the molecule is COc1ccc2nc(CN3CCC[C@@H]([C@@H](NC(=O)C(C)(C)C)c4ccccn4)C3)ccc2c1. The van der Waals surface area contributed by atoms with E-state index in [1.165, 1.54) is 0 Å². The number of pyridine rings is 2. The topological polar surface area (TPSA) is 67.3 Å². The number of benzene rings is 1. The Labute approximate surface area is 196 Å². The van der Waals surface area contributed by atoms with Crippen LogP contribution in [0, 0.1) is 11.3 Å². The molecule has 1 fully saturated rings. The molecule has 0 unspecified atom stereocenters. The van der Waals surface area contributed by atoms with Gasteiger partial charge in [0.05, 0.1) is 30.1 Å². The summed E-state index contributed by atoms with van der Waals surface area (Å²) in [5.41, 5.74) is 2.52. The van der Waals surface area contributed by atoms with Gasteiger partial charge in [-0.2, -0.15) is 0 Å². The first kappa shape index (κ1) is 23.2. The van der Waals surface area contributed by atoms with E-state index in [-0.39, 0.29) is 11.9 Å². The van der Waals surface area contributed by atoms with Crippen molar-refractivity contribution in [3.05, 3.63) is 66.1 Å². The van der Waals surface area contributed by atoms with E-state index >= 15 is 0 Å². The van der Waals surface area contributed by atoms with Crippen LogP contribution in [0.15, 0.2) is 54.7 Å². The van der Waals surface area contributed by atoms with Crippen molar-refractivity contribution in [2.24, 2.45) is 11.3 Å². The lowest BCUT2D eigenvalue weighted by molar-refractivity contribution is -0.130. The number of hydrogen-bond donors (Lipinski definition) is 1. The molecular weight excluding hydrogens is 412 g/mol. The van der Waals surface area contributed by atoms with Gasteiger partial charge in [0.25, 0.3) is 0 Å². The number of aromatic nitrogens is 2. The number of hydrogen-bond acceptors (Lipinski definition) is 5. The molecule has 0 saturated carbocycles. The number of likely N-dealkylation sites (tertiary alicyclic amines) is 1. The molecule has 3 heterocycles. The number of fused-ring (bicyclic) bond motifs is 1. The molecule has 0 spiro atoms. The minimum atomic E-state index is -0.445. The molecule has 174 valence electrons. The maximum atomic E-state index is 12.9. The molecule has 33 heavy (non-hydrogen) atoms. The first-order valence-corrected chi connectivity index (χ1v) is 11.7. The van der Waals surface area contributed by atoms with Gasteiger partial charge in [-0.25, -0.2) is 0 Å². The van der Waals surface area contributed by atoms with Crippen LogP contribution < -0.4 is 10.1 Å². The van der Waals surface area contributed by atoms with Gasteiger partial charge in [0.2, 0.25) is 5.91 Å². The van der Waals surface area contributed by atoms with Gasteiger partial charge in [-0.3, -0.25) is 19.7 Å². The van der Waals surface area contributed by atoms with Crippen LogP contribution in [-0.2, 0) is 11.3 Å². The van der Waals surface area contributed by atoms with Crippen LogP contribution in [0.1, 0.15) is 51.0 Å². The molecule has 6 nitrogen and oxygen atoms in total. The Morgan fingerprint density at radius 2 is 2.06 bits per heavy atom. The fraction of sp³-hybridized carbons (Fsp3) is 0.444. The third-order valence-corrected chi connectivity index (χ3v) is 6.33. The van der Waals surface area contributed by atoms with Gasteiger partial charge in [0.1, 0.15) is 5.75 Å². The second-order valence-electron chi connectivity index (χ2n) is 9.95. The first-order chi connectivity index (χ1) is 15.8. The lowest BCUT2D eigenvalue weighted by atomic mass is 9.86. The number of nitrogens with zero attached hydrogens (tertiary/aromatic N) is 3. The van der Waals surface area contributed by atoms with E-state index in [1.807, 2.05) is 57.2 Å². The number of carbonyl (C=O) groups is 1. The van der Waals surface area contributed by atoms with Gasteiger partial charge >= 0.3 is 0 Å². The fourth-order valence-corrected chi connectivity index (χ4v) is 4.45. The summed E-state index contributed by atoms with van der Waals surface area (Å²) in [6, 6.07) is 16.0. The van der Waals surface area contributed by atoms with Crippen LogP contribution in [0.3, 0.4) is 0 Å².